The molecular formula is C27H16ClFN2O4. The van der Waals surface area contributed by atoms with E-state index in [1.54, 1.807) is 30.5 Å². The van der Waals surface area contributed by atoms with Gasteiger partial charge in [-0.25, -0.2) is 4.39 Å². The van der Waals surface area contributed by atoms with Gasteiger partial charge in [0.2, 0.25) is 5.78 Å². The highest BCUT2D eigenvalue weighted by atomic mass is 35.5. The molecule has 0 spiro atoms. The van der Waals surface area contributed by atoms with Crippen LogP contribution in [0.1, 0.15) is 22.2 Å². The van der Waals surface area contributed by atoms with Crippen LogP contribution < -0.4 is 4.90 Å². The van der Waals surface area contributed by atoms with Crippen LogP contribution in [0.15, 0.2) is 94.7 Å². The van der Waals surface area contributed by atoms with Gasteiger partial charge in [0.05, 0.1) is 11.6 Å². The molecule has 6 nitrogen and oxygen atoms in total. The zero-order valence-electron chi connectivity index (χ0n) is 18.0. The summed E-state index contributed by atoms with van der Waals surface area (Å²) in [5.74, 6) is -2.79. The number of Topliss-reactive ketones (excluding diaryl/α,β-unsaturated/α-hetero) is 1. The van der Waals surface area contributed by atoms with E-state index in [2.05, 4.69) is 4.98 Å². The summed E-state index contributed by atoms with van der Waals surface area (Å²) in [7, 11) is 0. The zero-order valence-corrected chi connectivity index (χ0v) is 18.7. The lowest BCUT2D eigenvalue weighted by molar-refractivity contribution is -0.117. The number of ketones is 1. The molecule has 0 radical (unpaired) electrons. The third-order valence-electron chi connectivity index (χ3n) is 6.16. The summed E-state index contributed by atoms with van der Waals surface area (Å²) in [4.78, 5) is 31.4. The largest absolute Gasteiger partial charge is 0.503 e. The Labute approximate surface area is 202 Å². The van der Waals surface area contributed by atoms with Gasteiger partial charge >= 0.3 is 0 Å². The Balaban J connectivity index is 1.55. The molecule has 1 atom stereocenters. The van der Waals surface area contributed by atoms with Crippen molar-refractivity contribution in [3.05, 3.63) is 112 Å². The number of aliphatic hydroxyl groups is 1. The van der Waals surface area contributed by atoms with Gasteiger partial charge in [-0.2, -0.15) is 0 Å². The summed E-state index contributed by atoms with van der Waals surface area (Å²) in [6.07, 6.45) is 1.68. The number of halogens is 2. The molecule has 2 aromatic heterocycles. The standard InChI is InChI=1S/C27H16ClFN2O4/c28-15-8-9-21-14(10-15)11-22(35-21)25(32)23-24(19-13-30-20-7-2-1-6-18(19)20)31(27(34)26(23)33)17-5-3-4-16(29)12-17/h1-13,24,30,33H. The number of aliphatic hydroxyl groups excluding tert-OH is 1. The first-order valence-electron chi connectivity index (χ1n) is 10.7. The van der Waals surface area contributed by atoms with Gasteiger partial charge in [0, 0.05) is 38.8 Å². The van der Waals surface area contributed by atoms with E-state index in [1.165, 1.54) is 29.2 Å². The molecule has 0 saturated carbocycles. The van der Waals surface area contributed by atoms with Crippen LogP contribution >= 0.6 is 11.6 Å². The van der Waals surface area contributed by atoms with E-state index in [0.717, 1.165) is 10.9 Å². The number of rotatable bonds is 4. The maximum absolute atomic E-state index is 14.1. The Morgan fingerprint density at radius 2 is 1.89 bits per heavy atom. The predicted octanol–water partition coefficient (Wildman–Crippen LogP) is 6.49. The Hall–Kier alpha value is -4.36. The molecule has 3 heterocycles. The number of nitrogens with zero attached hydrogens (tertiary/aromatic N) is 1. The molecule has 1 unspecified atom stereocenters. The van der Waals surface area contributed by atoms with Crippen molar-refractivity contribution < 1.29 is 23.5 Å². The van der Waals surface area contributed by atoms with Crippen LogP contribution in [0.25, 0.3) is 21.9 Å². The number of hydrogen-bond donors (Lipinski definition) is 2. The first-order valence-corrected chi connectivity index (χ1v) is 11.1. The van der Waals surface area contributed by atoms with Gasteiger partial charge in [0.15, 0.2) is 11.5 Å². The van der Waals surface area contributed by atoms with Crippen LogP contribution in [0.3, 0.4) is 0 Å². The number of aromatic amines is 1. The smallest absolute Gasteiger partial charge is 0.294 e. The molecule has 1 aliphatic rings. The minimum atomic E-state index is -1.02. The number of fused-ring (bicyclic) bond motifs is 2. The zero-order chi connectivity index (χ0) is 24.3. The monoisotopic (exact) mass is 486 g/mol. The molecular weight excluding hydrogens is 471 g/mol. The van der Waals surface area contributed by atoms with Gasteiger partial charge in [-0.1, -0.05) is 35.9 Å². The SMILES string of the molecule is O=C(C1=C(O)C(=O)N(c2cccc(F)c2)C1c1c[nH]c2ccccc12)c1cc2cc(Cl)ccc2o1. The van der Waals surface area contributed by atoms with Crippen LogP contribution in [0.2, 0.25) is 5.02 Å². The second-order valence-corrected chi connectivity index (χ2v) is 8.67. The Bertz CT molecular complexity index is 1700. The lowest BCUT2D eigenvalue weighted by Crippen LogP contribution is -2.31. The van der Waals surface area contributed by atoms with Crippen LogP contribution in [-0.4, -0.2) is 21.8 Å². The number of para-hydroxylation sites is 1. The van der Waals surface area contributed by atoms with Gasteiger partial charge in [-0.3, -0.25) is 14.5 Å². The number of nitrogens with one attached hydrogen (secondary N) is 1. The number of H-pyrrole nitrogens is 1. The van der Waals surface area contributed by atoms with Crippen molar-refractivity contribution in [3.8, 4) is 0 Å². The predicted molar refractivity (Wildman–Crippen MR) is 130 cm³/mol. The van der Waals surface area contributed by atoms with E-state index < -0.39 is 29.3 Å². The van der Waals surface area contributed by atoms with Gasteiger partial charge in [0.1, 0.15) is 11.4 Å². The fraction of sp³-hybridized carbons (Fsp3) is 0.0370. The van der Waals surface area contributed by atoms with E-state index >= 15 is 0 Å². The first kappa shape index (κ1) is 21.2. The van der Waals surface area contributed by atoms with E-state index in [-0.39, 0.29) is 17.0 Å². The summed E-state index contributed by atoms with van der Waals surface area (Å²) in [6, 6.07) is 18.3. The minimum Gasteiger partial charge on any atom is -0.503 e. The van der Waals surface area contributed by atoms with Crippen molar-refractivity contribution in [1.29, 1.82) is 0 Å². The number of amides is 1. The molecule has 6 rings (SSSR count). The number of aromatic nitrogens is 1. The average Bonchev–Trinajstić information content (AvgIpc) is 3.53. The Morgan fingerprint density at radius 1 is 1.06 bits per heavy atom. The molecule has 0 bridgehead atoms. The van der Waals surface area contributed by atoms with E-state index in [0.29, 0.717) is 21.6 Å². The second kappa shape index (κ2) is 7.85. The minimum absolute atomic E-state index is 0.0532. The number of carbonyl (C=O) groups excluding carboxylic acids is 2. The summed E-state index contributed by atoms with van der Waals surface area (Å²) in [5, 5.41) is 12.8. The molecule has 35 heavy (non-hydrogen) atoms. The van der Waals surface area contributed by atoms with E-state index in [9.17, 15) is 19.1 Å². The molecule has 5 aromatic rings. The van der Waals surface area contributed by atoms with Crippen molar-refractivity contribution in [2.24, 2.45) is 0 Å². The van der Waals surface area contributed by atoms with Crippen molar-refractivity contribution in [1.82, 2.24) is 4.98 Å². The Kier molecular flexibility index (Phi) is 4.76. The van der Waals surface area contributed by atoms with Crippen LogP contribution in [0.5, 0.6) is 0 Å². The highest BCUT2D eigenvalue weighted by Crippen LogP contribution is 2.44. The van der Waals surface area contributed by atoms with Crippen molar-refractivity contribution >= 4 is 50.9 Å². The molecule has 2 N–H and O–H groups in total. The summed E-state index contributed by atoms with van der Waals surface area (Å²) >= 11 is 6.06. The summed E-state index contributed by atoms with van der Waals surface area (Å²) in [5.41, 5.74) is 1.84. The quantitative estimate of drug-likeness (QED) is 0.284. The molecule has 1 aliphatic heterocycles. The topological polar surface area (TPSA) is 86.5 Å². The van der Waals surface area contributed by atoms with Crippen molar-refractivity contribution in [3.63, 3.8) is 0 Å². The first-order chi connectivity index (χ1) is 16.9. The van der Waals surface area contributed by atoms with Gasteiger partial charge in [0.25, 0.3) is 5.91 Å². The summed E-state index contributed by atoms with van der Waals surface area (Å²) < 4.78 is 19.9. The maximum Gasteiger partial charge on any atom is 0.294 e. The van der Waals surface area contributed by atoms with Crippen LogP contribution in [0.4, 0.5) is 10.1 Å². The van der Waals surface area contributed by atoms with Crippen LogP contribution in [-0.2, 0) is 4.79 Å². The fourth-order valence-electron chi connectivity index (χ4n) is 4.60. The van der Waals surface area contributed by atoms with Crippen LogP contribution in [0, 0.1) is 5.82 Å². The molecule has 3 aromatic carbocycles. The number of carbonyl (C=O) groups is 2. The second-order valence-electron chi connectivity index (χ2n) is 8.23. The molecule has 0 saturated heterocycles. The fourth-order valence-corrected chi connectivity index (χ4v) is 4.78. The summed E-state index contributed by atoms with van der Waals surface area (Å²) in [6.45, 7) is 0. The molecule has 8 heteroatoms. The number of hydrogen-bond acceptors (Lipinski definition) is 4. The lowest BCUT2D eigenvalue weighted by atomic mass is 9.94. The third-order valence-corrected chi connectivity index (χ3v) is 6.39. The highest BCUT2D eigenvalue weighted by molar-refractivity contribution is 6.31. The third kappa shape index (κ3) is 3.32. The number of benzene rings is 3. The van der Waals surface area contributed by atoms with Gasteiger partial charge in [-0.05, 0) is 48.5 Å². The average molecular weight is 487 g/mol. The highest BCUT2D eigenvalue weighted by Gasteiger charge is 2.46. The maximum atomic E-state index is 14.1. The lowest BCUT2D eigenvalue weighted by Gasteiger charge is -2.26. The molecule has 0 fully saturated rings. The molecule has 0 aliphatic carbocycles. The van der Waals surface area contributed by atoms with Crippen molar-refractivity contribution in [2.75, 3.05) is 4.90 Å². The Morgan fingerprint density at radius 3 is 2.71 bits per heavy atom. The molecule has 172 valence electrons. The molecule has 1 amide bonds. The van der Waals surface area contributed by atoms with Crippen molar-refractivity contribution in [2.45, 2.75) is 6.04 Å². The van der Waals surface area contributed by atoms with Gasteiger partial charge in [-0.15, -0.1) is 0 Å². The van der Waals surface area contributed by atoms with E-state index in [1.807, 2.05) is 24.3 Å². The number of furan rings is 1. The van der Waals surface area contributed by atoms with E-state index in [4.69, 9.17) is 16.0 Å². The normalized spacial score (nSPS) is 16.1. The van der Waals surface area contributed by atoms with Gasteiger partial charge < -0.3 is 14.5 Å². The number of anilines is 1.